The topological polar surface area (TPSA) is 260 Å². The predicted molar refractivity (Wildman–Crippen MR) is 152 cm³/mol. The van der Waals surface area contributed by atoms with Crippen molar-refractivity contribution in [1.29, 1.82) is 0 Å². The number of carbonyl (C=O) groups is 4. The number of aromatic nitrogens is 4. The van der Waals surface area contributed by atoms with E-state index in [1.165, 1.54) is 9.80 Å². The van der Waals surface area contributed by atoms with Crippen molar-refractivity contribution >= 4 is 34.5 Å². The highest BCUT2D eigenvalue weighted by Gasteiger charge is 2.67. The molecule has 6 atom stereocenters. The molecule has 8 heterocycles. The summed E-state index contributed by atoms with van der Waals surface area (Å²) < 4.78 is 49.6. The van der Waals surface area contributed by atoms with Gasteiger partial charge in [0.25, 0.3) is 0 Å². The molecule has 0 radical (unpaired) electrons. The first-order valence-electron chi connectivity index (χ1n) is 16.1. The summed E-state index contributed by atoms with van der Waals surface area (Å²) in [6.45, 7) is 0.872. The molecule has 2 spiro atoms. The fourth-order valence-corrected chi connectivity index (χ4v) is 9.09. The van der Waals surface area contributed by atoms with E-state index in [0.717, 1.165) is 35.8 Å². The van der Waals surface area contributed by atoms with Crippen molar-refractivity contribution in [3.63, 3.8) is 0 Å². The third kappa shape index (κ3) is 4.40. The van der Waals surface area contributed by atoms with Crippen molar-refractivity contribution in [2.75, 3.05) is 26.2 Å². The van der Waals surface area contributed by atoms with Crippen LogP contribution in [-0.4, -0.2) is 111 Å². The Kier molecular flexibility index (Phi) is 5.76. The Balaban J connectivity index is 0.858. The van der Waals surface area contributed by atoms with Crippen LogP contribution in [0.3, 0.4) is 0 Å². The van der Waals surface area contributed by atoms with Gasteiger partial charge in [-0.15, -0.1) is 29.0 Å². The highest BCUT2D eigenvalue weighted by Crippen LogP contribution is 2.63. The summed E-state index contributed by atoms with van der Waals surface area (Å²) in [5, 5.41) is 28.7. The Morgan fingerprint density at radius 2 is 1.06 bits per heavy atom. The molecule has 10 rings (SSSR count). The van der Waals surface area contributed by atoms with Gasteiger partial charge >= 0.3 is 34.5 Å². The number of amides is 8. The molecule has 6 saturated heterocycles. The molecule has 2 aromatic rings. The van der Waals surface area contributed by atoms with E-state index in [2.05, 4.69) is 41.7 Å². The number of hydroxylamine groups is 4. The minimum Gasteiger partial charge on any atom is -0.421 e. The van der Waals surface area contributed by atoms with Crippen molar-refractivity contribution in [2.45, 2.75) is 74.8 Å². The van der Waals surface area contributed by atoms with Crippen molar-refractivity contribution in [3.8, 4) is 0 Å². The Morgan fingerprint density at radius 3 is 1.43 bits per heavy atom. The van der Waals surface area contributed by atoms with Gasteiger partial charge in [-0.25, -0.2) is 19.2 Å². The third-order valence-electron chi connectivity index (χ3n) is 11.3. The van der Waals surface area contributed by atoms with Crippen LogP contribution in [0.1, 0.15) is 86.3 Å². The van der Waals surface area contributed by atoms with Gasteiger partial charge in [0.1, 0.15) is 24.2 Å². The number of urea groups is 4. The summed E-state index contributed by atoms with van der Waals surface area (Å²) >= 11 is 0. The van der Waals surface area contributed by atoms with Gasteiger partial charge in [0.05, 0.1) is 12.1 Å². The van der Waals surface area contributed by atoms with Crippen LogP contribution < -0.4 is 21.3 Å². The third-order valence-corrected chi connectivity index (χ3v) is 12.0. The van der Waals surface area contributed by atoms with Gasteiger partial charge < -0.3 is 39.9 Å². The van der Waals surface area contributed by atoms with E-state index in [9.17, 15) is 27.6 Å². The normalized spacial score (nSPS) is 33.4. The Morgan fingerprint density at radius 1 is 0.653 bits per heavy atom. The molecule has 2 aliphatic carbocycles. The van der Waals surface area contributed by atoms with Crippen LogP contribution in [-0.2, 0) is 19.0 Å². The largest absolute Gasteiger partial charge is 0.442 e. The number of piperidine rings is 2. The first kappa shape index (κ1) is 29.2. The molecule has 8 fully saturated rings. The highest BCUT2D eigenvalue weighted by atomic mass is 32.3. The first-order chi connectivity index (χ1) is 23.5. The molecule has 23 heteroatoms. The maximum absolute atomic E-state index is 13.7. The van der Waals surface area contributed by atoms with Crippen molar-refractivity contribution in [1.82, 2.24) is 61.6 Å². The lowest BCUT2D eigenvalue weighted by Crippen LogP contribution is -2.45. The molecule has 8 amide bonds. The van der Waals surface area contributed by atoms with Crippen molar-refractivity contribution < 1.29 is 45.0 Å². The predicted octanol–water partition coefficient (Wildman–Crippen LogP) is -0.369. The fraction of sp³-hybridized carbons (Fsp3) is 0.692. The zero-order valence-corrected chi connectivity index (χ0v) is 26.4. The summed E-state index contributed by atoms with van der Waals surface area (Å²) in [4.78, 5) is 53.4. The average Bonchev–Trinajstić information content (AvgIpc) is 3.52. The van der Waals surface area contributed by atoms with Crippen LogP contribution in [0.25, 0.3) is 0 Å². The van der Waals surface area contributed by atoms with E-state index in [0.29, 0.717) is 12.8 Å². The summed E-state index contributed by atoms with van der Waals surface area (Å²) in [5.74, 6) is 0.757. The number of fused-ring (bicyclic) bond motifs is 6. The standard InChI is InChI=1S/C26H30N12O10S/c39-21-27-7-11(29-21)17-31-33-19(45-17)13-5-25(1-2-25)15-9-35(13)23(41)37(15)47-49(43,44)48-38-16-10-36(24(38)42)14(6-26(16)3-4-26)20-34-32-18(46-20)12-8-28-22(40)30-12/h11-16H,1-10H2,(H2,27,29,39)(H2,28,30,40)/t11?,12?,13-,14-,15-,16-/m0/s1. The van der Waals surface area contributed by atoms with Crippen LogP contribution >= 0.6 is 0 Å². The molecular formula is C26H30N12O10S. The average molecular weight is 703 g/mol. The van der Waals surface area contributed by atoms with E-state index in [1.54, 1.807) is 0 Å². The summed E-state index contributed by atoms with van der Waals surface area (Å²) in [5.41, 5.74) is -0.865. The van der Waals surface area contributed by atoms with Gasteiger partial charge in [0.2, 0.25) is 23.6 Å². The van der Waals surface area contributed by atoms with Crippen LogP contribution in [0.15, 0.2) is 8.83 Å². The maximum atomic E-state index is 13.7. The molecule has 4 bridgehead atoms. The number of nitrogens with zero attached hydrogens (tertiary/aromatic N) is 8. The number of rotatable bonds is 8. The Hall–Kier alpha value is -4.77. The van der Waals surface area contributed by atoms with Crippen molar-refractivity contribution in [2.24, 2.45) is 10.8 Å². The molecule has 2 unspecified atom stereocenters. The van der Waals surface area contributed by atoms with Gasteiger partial charge in [-0.3, -0.25) is 0 Å². The molecule has 4 N–H and O–H groups in total. The number of hydrogen-bond donors (Lipinski definition) is 4. The quantitative estimate of drug-likeness (QED) is 0.274. The van der Waals surface area contributed by atoms with Crippen LogP contribution in [0.2, 0.25) is 0 Å². The van der Waals surface area contributed by atoms with Crippen molar-refractivity contribution in [3.05, 3.63) is 23.6 Å². The minimum absolute atomic E-state index is 0.162. The fourth-order valence-electron chi connectivity index (χ4n) is 8.33. The Labute approximate surface area is 276 Å². The lowest BCUT2D eigenvalue weighted by atomic mass is 9.85. The zero-order valence-electron chi connectivity index (χ0n) is 25.6. The van der Waals surface area contributed by atoms with E-state index in [-0.39, 0.29) is 61.8 Å². The SMILES string of the molecule is O=C1NCC(c2nnc([C@@H]3CC4(CC4)[C@@H]4CN3C(=O)N4OS(=O)(=O)ON3C(=O)N4C[C@H]3C3(CC3)C[C@H]4c3nnc(C4CNC(=O)N4)o3)o2)N1. The second kappa shape index (κ2) is 9.68. The number of carbonyl (C=O) groups excluding carboxylic acids is 4. The monoisotopic (exact) mass is 702 g/mol. The molecule has 2 aromatic heterocycles. The van der Waals surface area contributed by atoms with Gasteiger partial charge in [0.15, 0.2) is 0 Å². The van der Waals surface area contributed by atoms with Crippen LogP contribution in [0, 0.1) is 10.8 Å². The lowest BCUT2D eigenvalue weighted by molar-refractivity contribution is -0.101. The first-order valence-corrected chi connectivity index (χ1v) is 17.4. The molecule has 22 nitrogen and oxygen atoms in total. The number of hydrogen-bond acceptors (Lipinski definition) is 14. The zero-order chi connectivity index (χ0) is 33.4. The molecule has 6 aliphatic heterocycles. The number of nitrogens with one attached hydrogen (secondary N) is 4. The van der Waals surface area contributed by atoms with Gasteiger partial charge in [-0.05, 0) is 49.4 Å². The Bertz CT molecular complexity index is 1780. The second-order valence-electron chi connectivity index (χ2n) is 14.0. The summed E-state index contributed by atoms with van der Waals surface area (Å²) in [6.07, 6.45) is 3.82. The molecular weight excluding hydrogens is 672 g/mol. The molecule has 0 aromatic carbocycles. The van der Waals surface area contributed by atoms with E-state index >= 15 is 0 Å². The summed E-state index contributed by atoms with van der Waals surface area (Å²) in [6, 6.07) is -5.56. The van der Waals surface area contributed by atoms with Gasteiger partial charge in [-0.1, -0.05) is 0 Å². The summed E-state index contributed by atoms with van der Waals surface area (Å²) in [7, 11) is -4.97. The van der Waals surface area contributed by atoms with E-state index < -0.39 is 69.5 Å². The lowest BCUT2D eigenvalue weighted by Gasteiger charge is -2.35. The van der Waals surface area contributed by atoms with E-state index in [1.807, 2.05) is 0 Å². The maximum Gasteiger partial charge on any atom is 0.442 e. The van der Waals surface area contributed by atoms with Crippen LogP contribution in [0.5, 0.6) is 0 Å². The highest BCUT2D eigenvalue weighted by molar-refractivity contribution is 7.81. The smallest absolute Gasteiger partial charge is 0.421 e. The minimum atomic E-state index is -4.97. The molecule has 49 heavy (non-hydrogen) atoms. The van der Waals surface area contributed by atoms with Crippen LogP contribution in [0.4, 0.5) is 19.2 Å². The van der Waals surface area contributed by atoms with Gasteiger partial charge in [0, 0.05) is 26.2 Å². The second-order valence-corrected chi connectivity index (χ2v) is 15.2. The van der Waals surface area contributed by atoms with Gasteiger partial charge in [-0.2, -0.15) is 18.5 Å². The molecule has 260 valence electrons. The van der Waals surface area contributed by atoms with E-state index in [4.69, 9.17) is 17.4 Å². The molecule has 2 saturated carbocycles. The molecule has 8 aliphatic rings.